The fraction of sp³-hybridized carbons (Fsp3) is 0.816. The highest BCUT2D eigenvalue weighted by Gasteiger charge is 2.27. The number of ether oxygens (including phenoxy) is 3. The Bertz CT molecular complexity index is 2530. The number of carbonyl (C=O) groups is 6. The van der Waals surface area contributed by atoms with Crippen LogP contribution >= 0.6 is 0 Å². The Hall–Kier alpha value is -4.58. The lowest BCUT2D eigenvalue weighted by Gasteiger charge is -2.28. The molecular weight excluding hydrogens is 1370 g/mol. The van der Waals surface area contributed by atoms with E-state index in [-0.39, 0.29) is 55.1 Å². The van der Waals surface area contributed by atoms with Crippen LogP contribution in [0.2, 0.25) is 0 Å². The van der Waals surface area contributed by atoms with E-state index in [0.29, 0.717) is 55.6 Å². The van der Waals surface area contributed by atoms with Gasteiger partial charge in [0.1, 0.15) is 31.2 Å². The zero-order chi connectivity index (χ0) is 80.2. The summed E-state index contributed by atoms with van der Waals surface area (Å²) in [5.74, 6) is 3.54. The van der Waals surface area contributed by atoms with Crippen LogP contribution in [0.15, 0.2) is 48.5 Å². The predicted octanol–water partition coefficient (Wildman–Crippen LogP) is 27.7. The predicted molar refractivity (Wildman–Crippen MR) is 463 cm³/mol. The fourth-order valence-electron chi connectivity index (χ4n) is 16.2. The Kier molecular flexibility index (Phi) is 63.5. The number of rotatable bonds is 78. The summed E-state index contributed by atoms with van der Waals surface area (Å²) in [6, 6.07) is 14.1. The molecule has 0 aliphatic carbocycles. The molecule has 634 valence electrons. The van der Waals surface area contributed by atoms with Gasteiger partial charge in [0, 0.05) is 55.3 Å². The molecule has 0 fully saturated rings. The van der Waals surface area contributed by atoms with Crippen molar-refractivity contribution >= 4 is 35.3 Å². The average Bonchev–Trinajstić information content (AvgIpc) is 0.854. The minimum absolute atomic E-state index is 0.100. The van der Waals surface area contributed by atoms with Crippen molar-refractivity contribution in [2.45, 2.75) is 460 Å². The minimum Gasteiger partial charge on any atom is -0.490 e. The molecule has 3 N–H and O–H groups in total. The monoisotopic (exact) mass is 1540 g/mol. The highest BCUT2D eigenvalue weighted by molar-refractivity contribution is 6.02. The van der Waals surface area contributed by atoms with E-state index in [1.807, 2.05) is 45.0 Å². The topological polar surface area (TPSA) is 174 Å². The molecule has 4 atom stereocenters. The Morgan fingerprint density at radius 2 is 0.582 bits per heavy atom. The number of aliphatic hydroxyl groups is 1. The smallest absolute Gasteiger partial charge is 0.306 e. The van der Waals surface area contributed by atoms with Gasteiger partial charge in [-0.1, -0.05) is 407 Å². The number of ketones is 2. The van der Waals surface area contributed by atoms with E-state index < -0.39 is 11.0 Å². The lowest BCUT2D eigenvalue weighted by Crippen LogP contribution is -2.34. The van der Waals surface area contributed by atoms with Crippen LogP contribution in [0.5, 0.6) is 5.75 Å². The SMILES string of the molecule is CCCCCCCCC(CCCCCCCCC(=O)NCCNC(=O)CCCCCCCCC(CCCCCCCC)C(CCCCCCCC)CCCCCCCCC(=O)OCc1ccc(C(=O)C(C)(C)C)cc1)C(CCCCCCCC)CCCCCCCCC(=O)OCCOc1ccc(C(=O)C(C)(C)O)cc1. The largest absolute Gasteiger partial charge is 0.490 e. The van der Waals surface area contributed by atoms with Gasteiger partial charge in [-0.25, -0.2) is 0 Å². The molecule has 2 amide bonds. The third-order valence-electron chi connectivity index (χ3n) is 23.3. The van der Waals surface area contributed by atoms with Crippen molar-refractivity contribution in [1.82, 2.24) is 10.6 Å². The summed E-state index contributed by atoms with van der Waals surface area (Å²) in [4.78, 5) is 75.6. The van der Waals surface area contributed by atoms with Crippen molar-refractivity contribution in [3.05, 3.63) is 65.2 Å². The van der Waals surface area contributed by atoms with E-state index >= 15 is 0 Å². The summed E-state index contributed by atoms with van der Waals surface area (Å²) in [5.41, 5.74) is 0.170. The van der Waals surface area contributed by atoms with Crippen molar-refractivity contribution in [1.29, 1.82) is 0 Å². The maximum Gasteiger partial charge on any atom is 0.306 e. The number of benzene rings is 2. The quantitative estimate of drug-likeness (QED) is 0.0328. The fourth-order valence-corrected chi connectivity index (χ4v) is 16.2. The second-order valence-electron chi connectivity index (χ2n) is 35.0. The van der Waals surface area contributed by atoms with E-state index in [9.17, 15) is 33.9 Å². The van der Waals surface area contributed by atoms with Crippen LogP contribution in [-0.2, 0) is 35.3 Å². The van der Waals surface area contributed by atoms with Gasteiger partial charge in [-0.2, -0.15) is 0 Å². The Labute approximate surface area is 676 Å². The van der Waals surface area contributed by atoms with Crippen molar-refractivity contribution in [2.24, 2.45) is 29.1 Å². The first-order valence-electron chi connectivity index (χ1n) is 46.8. The number of amides is 2. The van der Waals surface area contributed by atoms with Crippen molar-refractivity contribution in [3.8, 4) is 5.75 Å². The van der Waals surface area contributed by atoms with Gasteiger partial charge in [-0.05, 0) is 93.0 Å². The molecule has 12 nitrogen and oxygen atoms in total. The van der Waals surface area contributed by atoms with Gasteiger partial charge in [0.2, 0.25) is 11.8 Å². The molecule has 0 bridgehead atoms. The van der Waals surface area contributed by atoms with E-state index in [1.165, 1.54) is 316 Å². The van der Waals surface area contributed by atoms with E-state index in [1.54, 1.807) is 24.3 Å². The molecule has 2 aromatic rings. The number of carbonyl (C=O) groups excluding carboxylic acids is 6. The van der Waals surface area contributed by atoms with Gasteiger partial charge in [0.25, 0.3) is 0 Å². The van der Waals surface area contributed by atoms with Crippen LogP contribution in [0.4, 0.5) is 0 Å². The average molecular weight is 1540 g/mol. The number of hydrogen-bond donors (Lipinski definition) is 3. The van der Waals surface area contributed by atoms with Crippen molar-refractivity contribution < 1.29 is 48.1 Å². The molecule has 2 aromatic carbocycles. The van der Waals surface area contributed by atoms with Gasteiger partial charge < -0.3 is 30.0 Å². The van der Waals surface area contributed by atoms with E-state index in [4.69, 9.17) is 14.2 Å². The molecule has 0 aromatic heterocycles. The van der Waals surface area contributed by atoms with E-state index in [0.717, 1.165) is 87.0 Å². The third kappa shape index (κ3) is 56.6. The normalized spacial score (nSPS) is 12.9. The van der Waals surface area contributed by atoms with Crippen LogP contribution in [0.25, 0.3) is 0 Å². The molecule has 2 rings (SSSR count). The van der Waals surface area contributed by atoms with Crippen LogP contribution < -0.4 is 15.4 Å². The molecule has 0 aliphatic rings. The summed E-state index contributed by atoms with van der Waals surface area (Å²) < 4.78 is 16.7. The van der Waals surface area contributed by atoms with Crippen LogP contribution in [0.1, 0.15) is 474 Å². The number of nitrogens with one attached hydrogen (secondary N) is 2. The standard InChI is InChI=1S/C98H172N2O10/c1-10-14-18-22-34-46-58-84(86(60-48-36-24-20-16-12-3)64-52-40-28-32-44-56-68-93(103)109-81-80-108-90-76-74-89(75-77-90)96(106)98(8,9)107)62-50-38-26-30-42-54-66-91(101)99-78-79-100-92(102)67-55-43-31-27-39-51-63-85(59-47-35-23-19-15-11-2)87(61-49-37-25-21-17-13-4)65-53-41-29-33-45-57-69-94(104)110-82-83-70-72-88(73-71-83)95(105)97(5,6)7/h70-77,84-87,107H,10-69,78-82H2,1-9H3,(H,99,101)(H,100,102). The number of hydrogen-bond acceptors (Lipinski definition) is 10. The first-order valence-corrected chi connectivity index (χ1v) is 46.8. The molecule has 0 aliphatic heterocycles. The zero-order valence-electron chi connectivity index (χ0n) is 73.0. The molecule has 0 saturated carbocycles. The summed E-state index contributed by atoms with van der Waals surface area (Å²) in [5, 5.41) is 16.1. The van der Waals surface area contributed by atoms with Crippen molar-refractivity contribution in [3.63, 3.8) is 0 Å². The second-order valence-corrected chi connectivity index (χ2v) is 35.0. The minimum atomic E-state index is -1.43. The van der Waals surface area contributed by atoms with Crippen LogP contribution in [-0.4, -0.2) is 72.3 Å². The summed E-state index contributed by atoms with van der Waals surface area (Å²) >= 11 is 0. The van der Waals surface area contributed by atoms with Gasteiger partial charge in [-0.15, -0.1) is 0 Å². The Morgan fingerprint density at radius 1 is 0.318 bits per heavy atom. The number of unbranched alkanes of at least 4 members (excludes halogenated alkanes) is 40. The molecule has 12 heteroatoms. The molecule has 110 heavy (non-hydrogen) atoms. The maximum atomic E-state index is 12.8. The molecule has 0 radical (unpaired) electrons. The Balaban J connectivity index is 1.69. The zero-order valence-corrected chi connectivity index (χ0v) is 73.0. The molecular formula is C98H172N2O10. The van der Waals surface area contributed by atoms with Gasteiger partial charge in [-0.3, -0.25) is 28.8 Å². The number of esters is 2. The lowest BCUT2D eigenvalue weighted by molar-refractivity contribution is -0.145. The third-order valence-corrected chi connectivity index (χ3v) is 23.3. The molecule has 4 unspecified atom stereocenters. The molecule has 0 saturated heterocycles. The summed E-state index contributed by atoms with van der Waals surface area (Å²) in [7, 11) is 0. The van der Waals surface area contributed by atoms with Gasteiger partial charge in [0.15, 0.2) is 11.6 Å². The highest BCUT2D eigenvalue weighted by Crippen LogP contribution is 2.36. The van der Waals surface area contributed by atoms with Crippen LogP contribution in [0, 0.1) is 29.1 Å². The summed E-state index contributed by atoms with van der Waals surface area (Å²) in [6.07, 6.45) is 73.6. The second kappa shape index (κ2) is 68.8. The highest BCUT2D eigenvalue weighted by atomic mass is 16.6. The summed E-state index contributed by atoms with van der Waals surface area (Å²) in [6.45, 7) is 19.6. The number of Topliss-reactive ketones (excluding diaryl/α,β-unsaturated/α-hetero) is 2. The van der Waals surface area contributed by atoms with Gasteiger partial charge in [0.05, 0.1) is 0 Å². The first kappa shape index (κ1) is 101. The van der Waals surface area contributed by atoms with E-state index in [2.05, 4.69) is 38.3 Å². The van der Waals surface area contributed by atoms with Crippen LogP contribution in [0.3, 0.4) is 0 Å². The lowest BCUT2D eigenvalue weighted by atomic mass is 9.78. The van der Waals surface area contributed by atoms with Gasteiger partial charge >= 0.3 is 11.9 Å². The molecule has 0 heterocycles. The molecule has 0 spiro atoms. The first-order chi connectivity index (χ1) is 53.3. The Morgan fingerprint density at radius 3 is 0.882 bits per heavy atom. The maximum absolute atomic E-state index is 12.8. The van der Waals surface area contributed by atoms with Crippen molar-refractivity contribution in [2.75, 3.05) is 26.3 Å².